The van der Waals surface area contributed by atoms with Crippen LogP contribution in [0.4, 0.5) is 5.95 Å². The monoisotopic (exact) mass is 856 g/mol. The van der Waals surface area contributed by atoms with Crippen molar-refractivity contribution in [2.45, 2.75) is 57.0 Å². The molecule has 0 aliphatic rings. The topological polar surface area (TPSA) is 267 Å². The number of hydrogen-bond donors (Lipinski definition) is 7. The van der Waals surface area contributed by atoms with E-state index in [0.29, 0.717) is 100 Å². The lowest BCUT2D eigenvalue weighted by Crippen LogP contribution is -2.49. The average Bonchev–Trinajstić information content (AvgIpc) is 3.74. The van der Waals surface area contributed by atoms with Gasteiger partial charge in [0.2, 0.25) is 21.4 Å². The van der Waals surface area contributed by atoms with E-state index >= 15 is 0 Å². The first kappa shape index (κ1) is 47.3. The van der Waals surface area contributed by atoms with Crippen molar-refractivity contribution in [2.75, 3.05) is 71.2 Å². The lowest BCUT2D eigenvalue weighted by molar-refractivity contribution is -0.138. The average molecular weight is 857 g/mol. The highest BCUT2D eigenvalue weighted by molar-refractivity contribution is 7.89. The van der Waals surface area contributed by atoms with Crippen molar-refractivity contribution in [1.29, 1.82) is 0 Å². The minimum absolute atomic E-state index is 0.134. The second-order valence-electron chi connectivity index (χ2n) is 13.9. The molecule has 0 aliphatic carbocycles. The summed E-state index contributed by atoms with van der Waals surface area (Å²) < 4.78 is 52.9. The molecular formula is C40H56N8O11S. The zero-order valence-electron chi connectivity index (χ0n) is 34.2. The van der Waals surface area contributed by atoms with E-state index < -0.39 is 39.9 Å². The summed E-state index contributed by atoms with van der Waals surface area (Å²) in [4.78, 5) is 57.9. The lowest BCUT2D eigenvalue weighted by Gasteiger charge is -2.19. The number of amides is 2. The smallest absolute Gasteiger partial charge is 0.323 e. The third kappa shape index (κ3) is 14.7. The number of benzene rings is 2. The molecule has 2 amide bonds. The van der Waals surface area contributed by atoms with Gasteiger partial charge in [-0.1, -0.05) is 6.07 Å². The van der Waals surface area contributed by atoms with Gasteiger partial charge >= 0.3 is 5.97 Å². The Morgan fingerprint density at radius 2 is 1.62 bits per heavy atom. The van der Waals surface area contributed by atoms with E-state index in [9.17, 15) is 32.7 Å². The fourth-order valence-corrected chi connectivity index (χ4v) is 7.76. The molecular weight excluding hydrogens is 801 g/mol. The summed E-state index contributed by atoms with van der Waals surface area (Å²) in [6.45, 7) is 7.17. The number of nitrogens with one attached hydrogen (secondary N) is 5. The number of ether oxygens (including phenoxy) is 4. The number of imidazole rings is 1. The summed E-state index contributed by atoms with van der Waals surface area (Å²) in [5, 5.41) is 18.5. The standard InChI is InChI=1S/C40H56N8O11S/c1-27-21-30(59-16-4-7-35(49)42-11-6-15-57-18-20-58-19-17-56-14-5-10-41)22-28(2)37(27)60(54,55)47-33(39(52)53)25-45-38(51)32-26-48(3)34-23-29(8-9-31(34)36(32)50)24-46-40-43-12-13-44-40/h8-9,12-13,21-23,26,33,47H,4-7,10-11,14-20,24-25,41H2,1-3H3,(H,42,49)(H,45,51)(H,52,53)(H2,43,44,46). The molecule has 0 bridgehead atoms. The highest BCUT2D eigenvalue weighted by atomic mass is 32.2. The van der Waals surface area contributed by atoms with Gasteiger partial charge in [-0.3, -0.25) is 19.2 Å². The third-order valence-electron chi connectivity index (χ3n) is 9.06. The number of rotatable bonds is 28. The molecule has 1 unspecified atom stereocenters. The number of carboxylic acids is 1. The molecule has 4 aromatic rings. The van der Waals surface area contributed by atoms with Crippen LogP contribution in [0.1, 0.15) is 52.7 Å². The summed E-state index contributed by atoms with van der Waals surface area (Å²) >= 11 is 0. The Balaban J connectivity index is 1.21. The molecule has 1 atom stereocenters. The number of sulfonamides is 1. The van der Waals surface area contributed by atoms with Gasteiger partial charge in [0.25, 0.3) is 5.91 Å². The van der Waals surface area contributed by atoms with Gasteiger partial charge in [-0.05, 0) is 80.6 Å². The number of nitrogens with two attached hydrogens (primary N) is 1. The molecule has 0 fully saturated rings. The molecule has 0 spiro atoms. The van der Waals surface area contributed by atoms with E-state index in [2.05, 4.69) is 30.6 Å². The van der Waals surface area contributed by atoms with Crippen LogP contribution in [-0.2, 0) is 47.4 Å². The highest BCUT2D eigenvalue weighted by Crippen LogP contribution is 2.26. The quantitative estimate of drug-likeness (QED) is 0.0401. The van der Waals surface area contributed by atoms with E-state index in [1.165, 1.54) is 18.3 Å². The summed E-state index contributed by atoms with van der Waals surface area (Å²) in [5.41, 5.74) is 6.62. The van der Waals surface area contributed by atoms with Crippen molar-refractivity contribution in [3.05, 3.63) is 81.4 Å². The number of fused-ring (bicyclic) bond motifs is 1. The summed E-state index contributed by atoms with van der Waals surface area (Å²) in [6.07, 6.45) is 6.76. The number of aliphatic carboxylic acids is 1. The number of anilines is 1. The molecule has 0 radical (unpaired) electrons. The number of carbonyl (C=O) groups is 3. The van der Waals surface area contributed by atoms with Crippen molar-refractivity contribution in [3.63, 3.8) is 0 Å². The van der Waals surface area contributed by atoms with Gasteiger partial charge in [0.1, 0.15) is 17.4 Å². The molecule has 0 saturated carbocycles. The zero-order chi connectivity index (χ0) is 43.5. The molecule has 20 heteroatoms. The largest absolute Gasteiger partial charge is 0.494 e. The molecule has 2 heterocycles. The van der Waals surface area contributed by atoms with Gasteiger partial charge in [0, 0.05) is 70.3 Å². The van der Waals surface area contributed by atoms with Crippen LogP contribution >= 0.6 is 0 Å². The molecule has 60 heavy (non-hydrogen) atoms. The Morgan fingerprint density at radius 3 is 2.27 bits per heavy atom. The van der Waals surface area contributed by atoms with E-state index in [1.54, 1.807) is 56.1 Å². The molecule has 8 N–H and O–H groups in total. The number of aromatic nitrogens is 3. The lowest BCUT2D eigenvalue weighted by atomic mass is 10.1. The van der Waals surface area contributed by atoms with Gasteiger partial charge in [-0.25, -0.2) is 13.4 Å². The van der Waals surface area contributed by atoms with Crippen LogP contribution in [0.3, 0.4) is 0 Å². The number of aryl methyl sites for hydroxylation is 3. The van der Waals surface area contributed by atoms with Gasteiger partial charge in [0.15, 0.2) is 5.95 Å². The van der Waals surface area contributed by atoms with Crippen LogP contribution in [0.15, 0.2) is 58.6 Å². The molecule has 0 saturated heterocycles. The van der Waals surface area contributed by atoms with Crippen LogP contribution in [0.5, 0.6) is 5.75 Å². The third-order valence-corrected chi connectivity index (χ3v) is 10.8. The molecule has 4 rings (SSSR count). The minimum atomic E-state index is -4.41. The number of aromatic amines is 1. The van der Waals surface area contributed by atoms with Gasteiger partial charge < -0.3 is 55.3 Å². The normalized spacial score (nSPS) is 12.0. The van der Waals surface area contributed by atoms with Gasteiger partial charge in [-0.2, -0.15) is 4.72 Å². The number of hydrogen-bond acceptors (Lipinski definition) is 13. The maximum atomic E-state index is 13.5. The van der Waals surface area contributed by atoms with Crippen LogP contribution < -0.4 is 36.6 Å². The Kier molecular flexibility index (Phi) is 18.9. The highest BCUT2D eigenvalue weighted by Gasteiger charge is 2.29. The first-order chi connectivity index (χ1) is 28.8. The molecule has 328 valence electrons. The van der Waals surface area contributed by atoms with Crippen LogP contribution in [0.25, 0.3) is 10.9 Å². The van der Waals surface area contributed by atoms with Gasteiger partial charge in [0.05, 0.1) is 43.4 Å². The SMILES string of the molecule is Cc1cc(OCCCC(=O)NCCCOCCOCCOCCCN)cc(C)c1S(=O)(=O)NC(CNC(=O)c1cn(C)c2cc(CNc3ncc[nH]3)ccc2c1=O)C(=O)O. The van der Waals surface area contributed by atoms with Crippen molar-refractivity contribution in [1.82, 2.24) is 29.9 Å². The Labute approximate surface area is 348 Å². The number of carbonyl (C=O) groups excluding carboxylic acids is 2. The predicted octanol–water partition coefficient (Wildman–Crippen LogP) is 1.72. The number of pyridine rings is 1. The van der Waals surface area contributed by atoms with Crippen LogP contribution in [0, 0.1) is 13.8 Å². The Bertz CT molecular complexity index is 2170. The van der Waals surface area contributed by atoms with Crippen molar-refractivity contribution < 1.29 is 46.9 Å². The van der Waals surface area contributed by atoms with Gasteiger partial charge in [-0.15, -0.1) is 0 Å². The molecule has 19 nitrogen and oxygen atoms in total. The van der Waals surface area contributed by atoms with Crippen LogP contribution in [0.2, 0.25) is 0 Å². The second kappa shape index (κ2) is 24.0. The summed E-state index contributed by atoms with van der Waals surface area (Å²) in [7, 11) is -2.75. The minimum Gasteiger partial charge on any atom is -0.494 e. The molecule has 0 aliphatic heterocycles. The van der Waals surface area contributed by atoms with Crippen molar-refractivity contribution in [2.24, 2.45) is 12.8 Å². The number of nitrogens with zero attached hydrogens (tertiary/aromatic N) is 2. The van der Waals surface area contributed by atoms with E-state index in [1.807, 2.05) is 0 Å². The molecule has 2 aromatic heterocycles. The zero-order valence-corrected chi connectivity index (χ0v) is 35.0. The van der Waals surface area contributed by atoms with E-state index in [-0.39, 0.29) is 34.8 Å². The molecule has 2 aromatic carbocycles. The number of H-pyrrole nitrogens is 1. The Hall–Kier alpha value is -5.38. The Morgan fingerprint density at radius 1 is 0.933 bits per heavy atom. The van der Waals surface area contributed by atoms with E-state index in [0.717, 1.165) is 12.0 Å². The van der Waals surface area contributed by atoms with E-state index in [4.69, 9.17) is 24.7 Å². The fraction of sp³-hybridized carbons (Fsp3) is 0.475. The van der Waals surface area contributed by atoms with Crippen molar-refractivity contribution >= 4 is 44.7 Å². The predicted molar refractivity (Wildman–Crippen MR) is 224 cm³/mol. The summed E-state index contributed by atoms with van der Waals surface area (Å²) in [5.74, 6) is -1.57. The van der Waals surface area contributed by atoms with Crippen LogP contribution in [-0.4, -0.2) is 118 Å². The maximum absolute atomic E-state index is 13.5. The first-order valence-electron chi connectivity index (χ1n) is 19.6. The van der Waals surface area contributed by atoms with Crippen molar-refractivity contribution in [3.8, 4) is 5.75 Å². The maximum Gasteiger partial charge on any atom is 0.323 e. The summed E-state index contributed by atoms with van der Waals surface area (Å²) in [6, 6.07) is 6.41. The first-order valence-corrected chi connectivity index (χ1v) is 21.1. The number of carboxylic acid groups (broad SMARTS) is 1. The fourth-order valence-electron chi connectivity index (χ4n) is 6.12. The second-order valence-corrected chi connectivity index (χ2v) is 15.5.